The van der Waals surface area contributed by atoms with Crippen LogP contribution < -0.4 is 5.73 Å². The Morgan fingerprint density at radius 1 is 1.25 bits per heavy atom. The first kappa shape index (κ1) is 17.0. The molecule has 24 heavy (non-hydrogen) atoms. The van der Waals surface area contributed by atoms with E-state index in [0.29, 0.717) is 5.92 Å². The third-order valence-electron chi connectivity index (χ3n) is 5.51. The molecule has 2 fully saturated rings. The van der Waals surface area contributed by atoms with Crippen LogP contribution in [0.4, 0.5) is 4.79 Å². The van der Waals surface area contributed by atoms with Gasteiger partial charge >= 0.3 is 6.09 Å². The van der Waals surface area contributed by atoms with Gasteiger partial charge in [-0.1, -0.05) is 48.9 Å². The molecule has 2 saturated carbocycles. The number of carbonyl (C=O) groups is 1. The van der Waals surface area contributed by atoms with Crippen molar-refractivity contribution in [3.05, 3.63) is 41.5 Å². The second kappa shape index (κ2) is 7.39. The molecule has 4 heteroatoms. The van der Waals surface area contributed by atoms with E-state index in [-0.39, 0.29) is 18.1 Å². The minimum atomic E-state index is -0.766. The lowest BCUT2D eigenvalue weighted by Crippen LogP contribution is -2.45. The Morgan fingerprint density at radius 3 is 2.50 bits per heavy atom. The molecule has 0 aliphatic heterocycles. The Morgan fingerprint density at radius 2 is 1.92 bits per heavy atom. The predicted molar refractivity (Wildman–Crippen MR) is 96.7 cm³/mol. The van der Waals surface area contributed by atoms with Crippen molar-refractivity contribution in [3.63, 3.8) is 0 Å². The van der Waals surface area contributed by atoms with Gasteiger partial charge in [0.05, 0.1) is 0 Å². The van der Waals surface area contributed by atoms with Crippen LogP contribution in [0.2, 0.25) is 0 Å². The number of rotatable bonds is 5. The second-order valence-electron chi connectivity index (χ2n) is 7.15. The zero-order valence-electron chi connectivity index (χ0n) is 14.4. The van der Waals surface area contributed by atoms with Crippen LogP contribution in [0, 0.1) is 5.92 Å². The number of carboxylic acid groups (broad SMARTS) is 1. The molecule has 4 nitrogen and oxygen atoms in total. The fourth-order valence-corrected chi connectivity index (χ4v) is 4.07. The summed E-state index contributed by atoms with van der Waals surface area (Å²) >= 11 is 0. The largest absolute Gasteiger partial charge is 0.465 e. The van der Waals surface area contributed by atoms with Gasteiger partial charge in [-0.05, 0) is 44.1 Å². The van der Waals surface area contributed by atoms with Gasteiger partial charge in [-0.3, -0.25) is 0 Å². The molecule has 0 spiro atoms. The smallest absolute Gasteiger partial charge is 0.407 e. The van der Waals surface area contributed by atoms with E-state index in [2.05, 4.69) is 25.1 Å². The summed E-state index contributed by atoms with van der Waals surface area (Å²) in [5.41, 5.74) is 8.54. The molecule has 2 aliphatic rings. The van der Waals surface area contributed by atoms with Crippen molar-refractivity contribution in [3.8, 4) is 0 Å². The zero-order valence-corrected chi connectivity index (χ0v) is 14.4. The highest BCUT2D eigenvalue weighted by atomic mass is 16.4. The summed E-state index contributed by atoms with van der Waals surface area (Å²) in [5, 5.41) is 9.74. The Hall–Kier alpha value is -1.81. The fourth-order valence-electron chi connectivity index (χ4n) is 4.07. The van der Waals surface area contributed by atoms with Crippen LogP contribution in [0.1, 0.15) is 51.0 Å². The summed E-state index contributed by atoms with van der Waals surface area (Å²) in [4.78, 5) is 13.6. The van der Waals surface area contributed by atoms with Crippen LogP contribution in [0.15, 0.2) is 35.9 Å². The molecule has 1 amide bonds. The van der Waals surface area contributed by atoms with E-state index in [0.717, 1.165) is 38.5 Å². The van der Waals surface area contributed by atoms with Crippen LogP contribution in [0.5, 0.6) is 0 Å². The first-order valence-corrected chi connectivity index (χ1v) is 9.12. The first-order chi connectivity index (χ1) is 11.6. The van der Waals surface area contributed by atoms with Gasteiger partial charge in [-0.2, -0.15) is 0 Å². The number of amides is 1. The average molecular weight is 328 g/mol. The summed E-state index contributed by atoms with van der Waals surface area (Å²) in [7, 11) is 0. The molecule has 2 aliphatic carbocycles. The Balaban J connectivity index is 1.71. The van der Waals surface area contributed by atoms with E-state index >= 15 is 0 Å². The lowest BCUT2D eigenvalue weighted by atomic mass is 9.90. The second-order valence-corrected chi connectivity index (χ2v) is 7.15. The van der Waals surface area contributed by atoms with E-state index in [9.17, 15) is 9.90 Å². The number of hydrogen-bond donors (Lipinski definition) is 2. The molecule has 0 radical (unpaired) electrons. The van der Waals surface area contributed by atoms with Gasteiger partial charge < -0.3 is 15.7 Å². The van der Waals surface area contributed by atoms with Crippen molar-refractivity contribution in [2.24, 2.45) is 11.7 Å². The summed E-state index contributed by atoms with van der Waals surface area (Å²) in [6, 6.07) is 10.8. The number of hydrogen-bond acceptors (Lipinski definition) is 2. The Labute approximate surface area is 144 Å². The third-order valence-corrected chi connectivity index (χ3v) is 5.51. The van der Waals surface area contributed by atoms with E-state index in [4.69, 9.17) is 5.73 Å². The Bertz CT molecular complexity index is 591. The van der Waals surface area contributed by atoms with Crippen molar-refractivity contribution in [1.82, 2.24) is 4.90 Å². The lowest BCUT2D eigenvalue weighted by molar-refractivity contribution is 0.102. The van der Waals surface area contributed by atoms with Gasteiger partial charge in [0.25, 0.3) is 0 Å². The molecule has 0 saturated heterocycles. The molecular formula is C20H28N2O2. The summed E-state index contributed by atoms with van der Waals surface area (Å²) in [6.07, 6.45) is 7.08. The standard InChI is InChI=1S/C20H28N2O2/c1-2-15(12-14-6-4-3-5-7-14)18-13-19(18)22(20(23)24)17-10-8-16(21)9-11-17/h3-7,12,16-19H,2,8-11,13,21H2,1H3,(H,23,24)/t16?,17?,18?,19-/m0/s1. The molecule has 1 unspecified atom stereocenters. The Kier molecular flexibility index (Phi) is 5.24. The molecule has 3 rings (SSSR count). The van der Waals surface area contributed by atoms with Crippen molar-refractivity contribution < 1.29 is 9.90 Å². The van der Waals surface area contributed by atoms with E-state index in [1.54, 1.807) is 4.90 Å². The molecule has 2 atom stereocenters. The van der Waals surface area contributed by atoms with Crippen molar-refractivity contribution in [1.29, 1.82) is 0 Å². The van der Waals surface area contributed by atoms with Crippen LogP contribution in [0.3, 0.4) is 0 Å². The highest BCUT2D eigenvalue weighted by Crippen LogP contribution is 2.45. The number of nitrogens with two attached hydrogens (primary N) is 1. The third kappa shape index (κ3) is 3.81. The molecular weight excluding hydrogens is 300 g/mol. The quantitative estimate of drug-likeness (QED) is 0.854. The van der Waals surface area contributed by atoms with E-state index in [1.807, 2.05) is 18.2 Å². The minimum Gasteiger partial charge on any atom is -0.465 e. The maximum atomic E-state index is 11.9. The molecule has 130 valence electrons. The first-order valence-electron chi connectivity index (χ1n) is 9.12. The topological polar surface area (TPSA) is 66.6 Å². The van der Waals surface area contributed by atoms with Crippen LogP contribution >= 0.6 is 0 Å². The SMILES string of the molecule is CCC(=Cc1ccccc1)C1C[C@@H]1N(C(=O)O)C1CCC(N)CC1. The normalized spacial score (nSPS) is 30.0. The molecule has 0 aromatic heterocycles. The number of nitrogens with zero attached hydrogens (tertiary/aromatic N) is 1. The molecule has 3 N–H and O–H groups in total. The van der Waals surface area contributed by atoms with Crippen LogP contribution in [-0.2, 0) is 0 Å². The lowest BCUT2D eigenvalue weighted by Gasteiger charge is -2.34. The average Bonchev–Trinajstić information content (AvgIpc) is 3.35. The van der Waals surface area contributed by atoms with Crippen LogP contribution in [0.25, 0.3) is 6.08 Å². The van der Waals surface area contributed by atoms with Crippen LogP contribution in [-0.4, -0.2) is 34.2 Å². The van der Waals surface area contributed by atoms with Gasteiger partial charge in [0, 0.05) is 24.0 Å². The maximum Gasteiger partial charge on any atom is 0.407 e. The highest BCUT2D eigenvalue weighted by molar-refractivity contribution is 5.67. The molecule has 0 bridgehead atoms. The minimum absolute atomic E-state index is 0.145. The van der Waals surface area contributed by atoms with Crippen molar-refractivity contribution >= 4 is 12.2 Å². The van der Waals surface area contributed by atoms with Crippen molar-refractivity contribution in [2.45, 2.75) is 63.6 Å². The van der Waals surface area contributed by atoms with Gasteiger partial charge in [0.1, 0.15) is 0 Å². The van der Waals surface area contributed by atoms with Gasteiger partial charge in [-0.15, -0.1) is 0 Å². The summed E-state index contributed by atoms with van der Waals surface area (Å²) < 4.78 is 0. The highest BCUT2D eigenvalue weighted by Gasteiger charge is 2.48. The molecule has 1 aromatic carbocycles. The van der Waals surface area contributed by atoms with Gasteiger partial charge in [0.2, 0.25) is 0 Å². The molecule has 1 aromatic rings. The van der Waals surface area contributed by atoms with E-state index < -0.39 is 6.09 Å². The zero-order chi connectivity index (χ0) is 17.1. The summed E-state index contributed by atoms with van der Waals surface area (Å²) in [5.74, 6) is 0.377. The fraction of sp³-hybridized carbons (Fsp3) is 0.550. The molecule has 0 heterocycles. The van der Waals surface area contributed by atoms with Gasteiger partial charge in [0.15, 0.2) is 0 Å². The van der Waals surface area contributed by atoms with E-state index in [1.165, 1.54) is 11.1 Å². The predicted octanol–water partition coefficient (Wildman–Crippen LogP) is 4.12. The number of benzene rings is 1. The van der Waals surface area contributed by atoms with Crippen molar-refractivity contribution in [2.75, 3.05) is 0 Å². The summed E-state index contributed by atoms with van der Waals surface area (Å²) in [6.45, 7) is 2.16. The monoisotopic (exact) mass is 328 g/mol. The maximum absolute atomic E-state index is 11.9. The van der Waals surface area contributed by atoms with Gasteiger partial charge in [-0.25, -0.2) is 4.79 Å².